The molecule has 0 aliphatic heterocycles. The zero-order valence-corrected chi connectivity index (χ0v) is 9.50. The van der Waals surface area contributed by atoms with Gasteiger partial charge in [0.15, 0.2) is 0 Å². The fourth-order valence-electron chi connectivity index (χ4n) is 0.984. The smallest absolute Gasteiger partial charge is 0.226 e. The summed E-state index contributed by atoms with van der Waals surface area (Å²) >= 11 is 3.33. The number of amides is 1. The standard InChI is InChI=1S/C10H12BrNO2/c1-14-6-5-10(13)12-9-4-2-3-8(11)7-9/h2-4,7H,5-6H2,1H3,(H,12,13). The van der Waals surface area contributed by atoms with E-state index in [1.54, 1.807) is 7.11 Å². The Bertz CT molecular complexity index is 315. The molecule has 0 heterocycles. The van der Waals surface area contributed by atoms with Gasteiger partial charge in [-0.2, -0.15) is 0 Å². The monoisotopic (exact) mass is 257 g/mol. The minimum Gasteiger partial charge on any atom is -0.384 e. The molecule has 0 spiro atoms. The van der Waals surface area contributed by atoms with Crippen LogP contribution in [0.5, 0.6) is 0 Å². The van der Waals surface area contributed by atoms with Gasteiger partial charge in [-0.05, 0) is 18.2 Å². The van der Waals surface area contributed by atoms with Crippen LogP contribution in [0, 0.1) is 0 Å². The molecular weight excluding hydrogens is 246 g/mol. The summed E-state index contributed by atoms with van der Waals surface area (Å²) in [6, 6.07) is 7.47. The lowest BCUT2D eigenvalue weighted by Gasteiger charge is -2.04. The van der Waals surface area contributed by atoms with Crippen molar-refractivity contribution < 1.29 is 9.53 Å². The van der Waals surface area contributed by atoms with Gasteiger partial charge in [-0.1, -0.05) is 22.0 Å². The second kappa shape index (κ2) is 5.78. The average molecular weight is 258 g/mol. The fourth-order valence-corrected chi connectivity index (χ4v) is 1.38. The third-order valence-electron chi connectivity index (χ3n) is 1.64. The number of rotatable bonds is 4. The van der Waals surface area contributed by atoms with Crippen LogP contribution in [0.15, 0.2) is 28.7 Å². The number of benzene rings is 1. The van der Waals surface area contributed by atoms with Crippen molar-refractivity contribution >= 4 is 27.5 Å². The molecule has 0 aromatic heterocycles. The van der Waals surface area contributed by atoms with Crippen molar-refractivity contribution in [1.82, 2.24) is 0 Å². The third kappa shape index (κ3) is 3.89. The second-order valence-corrected chi connectivity index (χ2v) is 3.72. The molecule has 0 aliphatic carbocycles. The van der Waals surface area contributed by atoms with E-state index >= 15 is 0 Å². The molecule has 0 atom stereocenters. The van der Waals surface area contributed by atoms with Crippen LogP contribution in [0.1, 0.15) is 6.42 Å². The van der Waals surface area contributed by atoms with Gasteiger partial charge in [0.05, 0.1) is 13.0 Å². The molecule has 1 amide bonds. The van der Waals surface area contributed by atoms with Gasteiger partial charge in [0, 0.05) is 17.3 Å². The van der Waals surface area contributed by atoms with E-state index in [0.29, 0.717) is 13.0 Å². The molecule has 1 aromatic carbocycles. The number of carbonyl (C=O) groups is 1. The van der Waals surface area contributed by atoms with E-state index in [1.165, 1.54) is 0 Å². The van der Waals surface area contributed by atoms with Crippen molar-refractivity contribution in [2.45, 2.75) is 6.42 Å². The Labute approximate surface area is 91.6 Å². The zero-order valence-electron chi connectivity index (χ0n) is 7.92. The highest BCUT2D eigenvalue weighted by atomic mass is 79.9. The van der Waals surface area contributed by atoms with E-state index in [9.17, 15) is 4.79 Å². The Morgan fingerprint density at radius 2 is 2.36 bits per heavy atom. The van der Waals surface area contributed by atoms with Crippen molar-refractivity contribution in [3.63, 3.8) is 0 Å². The van der Waals surface area contributed by atoms with Crippen molar-refractivity contribution in [3.8, 4) is 0 Å². The minimum atomic E-state index is -0.0371. The van der Waals surface area contributed by atoms with Crippen LogP contribution in [-0.4, -0.2) is 19.6 Å². The molecule has 3 nitrogen and oxygen atoms in total. The number of anilines is 1. The van der Waals surface area contributed by atoms with Gasteiger partial charge in [-0.15, -0.1) is 0 Å². The highest BCUT2D eigenvalue weighted by Crippen LogP contribution is 2.15. The van der Waals surface area contributed by atoms with Crippen molar-refractivity contribution in [2.75, 3.05) is 19.0 Å². The minimum absolute atomic E-state index is 0.0371. The molecule has 0 saturated carbocycles. The van der Waals surface area contributed by atoms with Gasteiger partial charge in [-0.3, -0.25) is 4.79 Å². The predicted molar refractivity (Wildman–Crippen MR) is 59.3 cm³/mol. The topological polar surface area (TPSA) is 38.3 Å². The number of halogens is 1. The first-order valence-electron chi connectivity index (χ1n) is 4.26. The van der Waals surface area contributed by atoms with E-state index in [4.69, 9.17) is 4.74 Å². The van der Waals surface area contributed by atoms with Crippen LogP contribution in [0.4, 0.5) is 5.69 Å². The summed E-state index contributed by atoms with van der Waals surface area (Å²) in [5, 5.41) is 2.77. The maximum absolute atomic E-state index is 11.3. The Hall–Kier alpha value is -0.870. The summed E-state index contributed by atoms with van der Waals surface area (Å²) in [7, 11) is 1.58. The average Bonchev–Trinajstić information content (AvgIpc) is 2.15. The Morgan fingerprint density at radius 1 is 1.57 bits per heavy atom. The molecule has 1 rings (SSSR count). The van der Waals surface area contributed by atoms with Crippen molar-refractivity contribution in [2.24, 2.45) is 0 Å². The lowest BCUT2D eigenvalue weighted by Crippen LogP contribution is -2.13. The number of carbonyl (C=O) groups excluding carboxylic acids is 1. The lowest BCUT2D eigenvalue weighted by molar-refractivity contribution is -0.117. The summed E-state index contributed by atoms with van der Waals surface area (Å²) in [5.74, 6) is -0.0371. The van der Waals surface area contributed by atoms with Crippen LogP contribution >= 0.6 is 15.9 Å². The number of methoxy groups -OCH3 is 1. The first-order valence-corrected chi connectivity index (χ1v) is 5.06. The highest BCUT2D eigenvalue weighted by molar-refractivity contribution is 9.10. The van der Waals surface area contributed by atoms with Crippen LogP contribution in [0.3, 0.4) is 0 Å². The maximum atomic E-state index is 11.3. The third-order valence-corrected chi connectivity index (χ3v) is 2.13. The largest absolute Gasteiger partial charge is 0.384 e. The molecule has 76 valence electrons. The van der Waals surface area contributed by atoms with Gasteiger partial charge >= 0.3 is 0 Å². The molecule has 4 heteroatoms. The van der Waals surface area contributed by atoms with Gasteiger partial charge in [0.1, 0.15) is 0 Å². The fraction of sp³-hybridized carbons (Fsp3) is 0.300. The molecule has 1 aromatic rings. The SMILES string of the molecule is COCCC(=O)Nc1cccc(Br)c1. The number of hydrogen-bond acceptors (Lipinski definition) is 2. The maximum Gasteiger partial charge on any atom is 0.226 e. The highest BCUT2D eigenvalue weighted by Gasteiger charge is 2.01. The first kappa shape index (κ1) is 11.2. The Balaban J connectivity index is 2.47. The van der Waals surface area contributed by atoms with Gasteiger partial charge < -0.3 is 10.1 Å². The van der Waals surface area contributed by atoms with Gasteiger partial charge in [0.25, 0.3) is 0 Å². The van der Waals surface area contributed by atoms with Gasteiger partial charge in [-0.25, -0.2) is 0 Å². The molecule has 1 N–H and O–H groups in total. The lowest BCUT2D eigenvalue weighted by atomic mass is 10.3. The molecule has 0 saturated heterocycles. The zero-order chi connectivity index (χ0) is 10.4. The van der Waals surface area contributed by atoms with E-state index < -0.39 is 0 Å². The van der Waals surface area contributed by atoms with Gasteiger partial charge in [0.2, 0.25) is 5.91 Å². The molecule has 14 heavy (non-hydrogen) atoms. The summed E-state index contributed by atoms with van der Waals surface area (Å²) in [6.07, 6.45) is 0.378. The van der Waals surface area contributed by atoms with Crippen molar-refractivity contribution in [1.29, 1.82) is 0 Å². The van der Waals surface area contributed by atoms with E-state index in [1.807, 2.05) is 24.3 Å². The van der Waals surface area contributed by atoms with E-state index in [0.717, 1.165) is 10.2 Å². The Kier molecular flexibility index (Phi) is 4.62. The predicted octanol–water partition coefficient (Wildman–Crippen LogP) is 2.42. The van der Waals surface area contributed by atoms with E-state index in [-0.39, 0.29) is 5.91 Å². The molecule has 0 radical (unpaired) electrons. The number of hydrogen-bond donors (Lipinski definition) is 1. The molecule has 0 bridgehead atoms. The molecular formula is C10H12BrNO2. The molecule has 0 aliphatic rings. The van der Waals surface area contributed by atoms with Crippen LogP contribution in [0.2, 0.25) is 0 Å². The summed E-state index contributed by atoms with van der Waals surface area (Å²) in [6.45, 7) is 0.444. The van der Waals surface area contributed by atoms with E-state index in [2.05, 4.69) is 21.2 Å². The Morgan fingerprint density at radius 3 is 3.00 bits per heavy atom. The summed E-state index contributed by atoms with van der Waals surface area (Å²) < 4.78 is 5.75. The molecule has 0 fully saturated rings. The van der Waals surface area contributed by atoms with Crippen LogP contribution < -0.4 is 5.32 Å². The number of ether oxygens (including phenoxy) is 1. The normalized spacial score (nSPS) is 9.86. The van der Waals surface area contributed by atoms with Crippen LogP contribution in [0.25, 0.3) is 0 Å². The quantitative estimate of drug-likeness (QED) is 0.900. The second-order valence-electron chi connectivity index (χ2n) is 2.80. The van der Waals surface area contributed by atoms with Crippen LogP contribution in [-0.2, 0) is 9.53 Å². The molecule has 0 unspecified atom stereocenters. The van der Waals surface area contributed by atoms with Crippen molar-refractivity contribution in [3.05, 3.63) is 28.7 Å². The summed E-state index contributed by atoms with van der Waals surface area (Å²) in [4.78, 5) is 11.3. The summed E-state index contributed by atoms with van der Waals surface area (Å²) in [5.41, 5.74) is 0.792. The number of nitrogens with one attached hydrogen (secondary N) is 1. The first-order chi connectivity index (χ1) is 6.72.